The first-order valence-corrected chi connectivity index (χ1v) is 10.8. The summed E-state index contributed by atoms with van der Waals surface area (Å²) in [6.07, 6.45) is 4.76. The van der Waals surface area contributed by atoms with Gasteiger partial charge in [-0.15, -0.1) is 0 Å². The second kappa shape index (κ2) is 9.78. The molecular formula is C24H39NO3. The van der Waals surface area contributed by atoms with Crippen molar-refractivity contribution in [2.75, 3.05) is 20.3 Å². The number of hydrogen-bond acceptors (Lipinski definition) is 3. The van der Waals surface area contributed by atoms with Crippen LogP contribution >= 0.6 is 0 Å². The molecule has 1 saturated heterocycles. The first kappa shape index (κ1) is 22.7. The summed E-state index contributed by atoms with van der Waals surface area (Å²) in [6, 6.07) is 8.03. The standard InChI is InChI=1S/C24H39NO3/c1-7-22(26)25(17-20-9-11-21(27-6)12-10-20)15-13-24(19(3)4)14-16-28-23(5,8-2)18-24/h9-12,19H,7-8,13-18H2,1-6H3/t23-,24-/m0/s1. The molecule has 158 valence electrons. The van der Waals surface area contributed by atoms with Gasteiger partial charge in [0.1, 0.15) is 5.75 Å². The van der Waals surface area contributed by atoms with Gasteiger partial charge < -0.3 is 14.4 Å². The molecule has 1 amide bonds. The summed E-state index contributed by atoms with van der Waals surface area (Å²) in [5.41, 5.74) is 1.33. The zero-order chi connectivity index (χ0) is 20.8. The van der Waals surface area contributed by atoms with Crippen LogP contribution in [0.5, 0.6) is 5.75 Å². The van der Waals surface area contributed by atoms with E-state index in [2.05, 4.69) is 39.8 Å². The molecule has 1 aromatic rings. The van der Waals surface area contributed by atoms with Crippen molar-refractivity contribution >= 4 is 5.91 Å². The average Bonchev–Trinajstić information content (AvgIpc) is 2.71. The first-order valence-electron chi connectivity index (χ1n) is 10.8. The molecule has 1 aliphatic heterocycles. The van der Waals surface area contributed by atoms with E-state index in [0.717, 1.165) is 50.1 Å². The second-order valence-corrected chi connectivity index (χ2v) is 8.86. The van der Waals surface area contributed by atoms with Crippen molar-refractivity contribution in [2.24, 2.45) is 11.3 Å². The highest BCUT2D eigenvalue weighted by molar-refractivity contribution is 5.75. The number of benzene rings is 1. The number of carbonyl (C=O) groups excluding carboxylic acids is 1. The van der Waals surface area contributed by atoms with Gasteiger partial charge in [-0.3, -0.25) is 4.79 Å². The maximum atomic E-state index is 12.6. The minimum atomic E-state index is -0.0436. The molecule has 28 heavy (non-hydrogen) atoms. The number of methoxy groups -OCH3 is 1. The van der Waals surface area contributed by atoms with Crippen molar-refractivity contribution in [1.29, 1.82) is 0 Å². The van der Waals surface area contributed by atoms with E-state index in [1.165, 1.54) is 0 Å². The fourth-order valence-corrected chi connectivity index (χ4v) is 4.43. The van der Waals surface area contributed by atoms with Gasteiger partial charge in [0, 0.05) is 26.1 Å². The molecule has 0 aromatic heterocycles. The van der Waals surface area contributed by atoms with Crippen LogP contribution in [0.2, 0.25) is 0 Å². The van der Waals surface area contributed by atoms with E-state index < -0.39 is 0 Å². The summed E-state index contributed by atoms with van der Waals surface area (Å²) in [5, 5.41) is 0. The maximum Gasteiger partial charge on any atom is 0.222 e. The second-order valence-electron chi connectivity index (χ2n) is 8.86. The van der Waals surface area contributed by atoms with Crippen molar-refractivity contribution in [2.45, 2.75) is 78.9 Å². The molecule has 4 nitrogen and oxygen atoms in total. The quantitative estimate of drug-likeness (QED) is 0.564. The Balaban J connectivity index is 2.12. The van der Waals surface area contributed by atoms with Crippen LogP contribution in [0.15, 0.2) is 24.3 Å². The SMILES string of the molecule is CCC(=O)N(CC[C@]1(C(C)C)CCO[C@@](C)(CC)C1)Cc1ccc(OC)cc1. The minimum absolute atomic E-state index is 0.0436. The number of rotatable bonds is 9. The van der Waals surface area contributed by atoms with Crippen LogP contribution in [-0.2, 0) is 16.1 Å². The molecule has 1 fully saturated rings. The monoisotopic (exact) mass is 389 g/mol. The lowest BCUT2D eigenvalue weighted by atomic mass is 9.64. The molecule has 0 unspecified atom stereocenters. The van der Waals surface area contributed by atoms with E-state index in [-0.39, 0.29) is 16.9 Å². The third kappa shape index (κ3) is 5.50. The molecular weight excluding hydrogens is 350 g/mol. The molecule has 1 heterocycles. The molecule has 0 bridgehead atoms. The van der Waals surface area contributed by atoms with Gasteiger partial charge in [0.15, 0.2) is 0 Å². The molecule has 4 heteroatoms. The summed E-state index contributed by atoms with van der Waals surface area (Å²) in [7, 11) is 1.67. The number of nitrogens with zero attached hydrogens (tertiary/aromatic N) is 1. The fraction of sp³-hybridized carbons (Fsp3) is 0.708. The Morgan fingerprint density at radius 2 is 1.93 bits per heavy atom. The van der Waals surface area contributed by atoms with Crippen LogP contribution in [0.25, 0.3) is 0 Å². The van der Waals surface area contributed by atoms with Crippen molar-refractivity contribution in [3.63, 3.8) is 0 Å². The lowest BCUT2D eigenvalue weighted by Crippen LogP contribution is -2.47. The Hall–Kier alpha value is -1.55. The lowest BCUT2D eigenvalue weighted by Gasteiger charge is -2.49. The Morgan fingerprint density at radius 3 is 2.46 bits per heavy atom. The van der Waals surface area contributed by atoms with E-state index in [4.69, 9.17) is 9.47 Å². The molecule has 0 aliphatic carbocycles. The van der Waals surface area contributed by atoms with Gasteiger partial charge >= 0.3 is 0 Å². The van der Waals surface area contributed by atoms with Crippen LogP contribution in [0.4, 0.5) is 0 Å². The van der Waals surface area contributed by atoms with Gasteiger partial charge in [-0.1, -0.05) is 39.8 Å². The summed E-state index contributed by atoms with van der Waals surface area (Å²) in [4.78, 5) is 14.7. The number of amides is 1. The largest absolute Gasteiger partial charge is 0.497 e. The molecule has 2 rings (SSSR count). The van der Waals surface area contributed by atoms with Gasteiger partial charge in [-0.25, -0.2) is 0 Å². The third-order valence-corrected chi connectivity index (χ3v) is 6.82. The van der Waals surface area contributed by atoms with Crippen molar-refractivity contribution < 1.29 is 14.3 Å². The number of carbonyl (C=O) groups is 1. The van der Waals surface area contributed by atoms with Crippen LogP contribution in [-0.4, -0.2) is 36.7 Å². The molecule has 1 aliphatic rings. The Morgan fingerprint density at radius 1 is 1.25 bits per heavy atom. The first-order chi connectivity index (χ1) is 13.3. The van der Waals surface area contributed by atoms with Crippen LogP contribution in [0.3, 0.4) is 0 Å². The summed E-state index contributed by atoms with van der Waals surface area (Å²) < 4.78 is 11.4. The van der Waals surface area contributed by atoms with Crippen LogP contribution in [0, 0.1) is 11.3 Å². The molecule has 1 aromatic carbocycles. The van der Waals surface area contributed by atoms with E-state index >= 15 is 0 Å². The normalized spacial score (nSPS) is 25.0. The topological polar surface area (TPSA) is 38.8 Å². The predicted molar refractivity (Wildman–Crippen MR) is 114 cm³/mol. The van der Waals surface area contributed by atoms with Crippen molar-refractivity contribution in [1.82, 2.24) is 4.90 Å². The van der Waals surface area contributed by atoms with Crippen LogP contribution < -0.4 is 4.74 Å². The highest BCUT2D eigenvalue weighted by atomic mass is 16.5. The van der Waals surface area contributed by atoms with E-state index in [1.807, 2.05) is 24.0 Å². The highest BCUT2D eigenvalue weighted by Crippen LogP contribution is 2.48. The highest BCUT2D eigenvalue weighted by Gasteiger charge is 2.44. The minimum Gasteiger partial charge on any atom is -0.497 e. The third-order valence-electron chi connectivity index (χ3n) is 6.82. The van der Waals surface area contributed by atoms with E-state index in [1.54, 1.807) is 7.11 Å². The molecule has 0 spiro atoms. The summed E-state index contributed by atoms with van der Waals surface area (Å²) >= 11 is 0. The van der Waals surface area contributed by atoms with E-state index in [9.17, 15) is 4.79 Å². The zero-order valence-electron chi connectivity index (χ0n) is 18.7. The van der Waals surface area contributed by atoms with Crippen LogP contribution in [0.1, 0.15) is 72.3 Å². The molecule has 0 saturated carbocycles. The number of hydrogen-bond donors (Lipinski definition) is 0. The van der Waals surface area contributed by atoms with Gasteiger partial charge in [0.2, 0.25) is 5.91 Å². The Kier molecular flexibility index (Phi) is 7.94. The fourth-order valence-electron chi connectivity index (χ4n) is 4.43. The molecule has 2 atom stereocenters. The van der Waals surface area contributed by atoms with Gasteiger partial charge in [0.25, 0.3) is 0 Å². The zero-order valence-corrected chi connectivity index (χ0v) is 18.7. The predicted octanol–water partition coefficient (Wildman–Crippen LogP) is 5.45. The average molecular weight is 390 g/mol. The van der Waals surface area contributed by atoms with Gasteiger partial charge in [-0.05, 0) is 61.6 Å². The van der Waals surface area contributed by atoms with Gasteiger partial charge in [0.05, 0.1) is 12.7 Å². The van der Waals surface area contributed by atoms with Crippen molar-refractivity contribution in [3.05, 3.63) is 29.8 Å². The Bertz CT molecular complexity index is 627. The van der Waals surface area contributed by atoms with Crippen molar-refractivity contribution in [3.8, 4) is 5.75 Å². The lowest BCUT2D eigenvalue weighted by molar-refractivity contribution is -0.140. The Labute approximate surface area is 171 Å². The summed E-state index contributed by atoms with van der Waals surface area (Å²) in [6.45, 7) is 13.4. The van der Waals surface area contributed by atoms with Gasteiger partial charge in [-0.2, -0.15) is 0 Å². The maximum absolute atomic E-state index is 12.6. The summed E-state index contributed by atoms with van der Waals surface area (Å²) in [5.74, 6) is 1.64. The smallest absolute Gasteiger partial charge is 0.222 e. The molecule has 0 N–H and O–H groups in total. The molecule has 0 radical (unpaired) electrons. The van der Waals surface area contributed by atoms with E-state index in [0.29, 0.717) is 18.9 Å². The number of ether oxygens (including phenoxy) is 2.